The molecule has 0 saturated carbocycles. The Morgan fingerprint density at radius 3 is 2.88 bits per heavy atom. The predicted molar refractivity (Wildman–Crippen MR) is 65.6 cm³/mol. The van der Waals surface area contributed by atoms with E-state index in [0.717, 1.165) is 13.1 Å². The Labute approximate surface area is 104 Å². The molecule has 5 heteroatoms. The second-order valence-electron chi connectivity index (χ2n) is 4.30. The topological polar surface area (TPSA) is 41.1 Å². The van der Waals surface area contributed by atoms with Crippen molar-refractivity contribution in [1.82, 2.24) is 5.32 Å². The first-order chi connectivity index (χ1) is 8.09. The molecule has 92 valence electrons. The summed E-state index contributed by atoms with van der Waals surface area (Å²) < 4.78 is 13.6. The first-order valence-electron chi connectivity index (χ1n) is 5.55. The minimum atomic E-state index is -0.582. The van der Waals surface area contributed by atoms with Crippen molar-refractivity contribution >= 4 is 23.2 Å². The quantitative estimate of drug-likeness (QED) is 0.871. The van der Waals surface area contributed by atoms with Crippen LogP contribution in [0.2, 0.25) is 5.02 Å². The highest BCUT2D eigenvalue weighted by atomic mass is 35.5. The molecule has 0 aromatic heterocycles. The van der Waals surface area contributed by atoms with Crippen LogP contribution in [0.3, 0.4) is 0 Å². The molecule has 1 aliphatic rings. The van der Waals surface area contributed by atoms with Gasteiger partial charge in [0, 0.05) is 5.92 Å². The molecule has 0 bridgehead atoms. The van der Waals surface area contributed by atoms with Crippen LogP contribution in [0, 0.1) is 17.7 Å². The summed E-state index contributed by atoms with van der Waals surface area (Å²) in [4.78, 5) is 11.9. The first kappa shape index (κ1) is 12.3. The normalized spacial score (nSPS) is 17.4. The van der Waals surface area contributed by atoms with Gasteiger partial charge in [0.15, 0.2) is 5.82 Å². The molecule has 3 nitrogen and oxygen atoms in total. The van der Waals surface area contributed by atoms with Crippen LogP contribution in [0.15, 0.2) is 18.2 Å². The van der Waals surface area contributed by atoms with Gasteiger partial charge < -0.3 is 10.6 Å². The Balaban J connectivity index is 2.04. The lowest BCUT2D eigenvalue weighted by molar-refractivity contribution is -0.121. The summed E-state index contributed by atoms with van der Waals surface area (Å²) in [5.41, 5.74) is 0.140. The van der Waals surface area contributed by atoms with E-state index in [4.69, 9.17) is 11.6 Å². The molecule has 1 fully saturated rings. The third kappa shape index (κ3) is 2.58. The molecule has 1 amide bonds. The molecular weight excluding hydrogens is 243 g/mol. The minimum absolute atomic E-state index is 0.0146. The molecule has 2 rings (SSSR count). The maximum Gasteiger partial charge on any atom is 0.227 e. The summed E-state index contributed by atoms with van der Waals surface area (Å²) in [5, 5.41) is 5.69. The van der Waals surface area contributed by atoms with Gasteiger partial charge in [-0.3, -0.25) is 4.79 Å². The van der Waals surface area contributed by atoms with Crippen molar-refractivity contribution in [3.63, 3.8) is 0 Å². The number of carbonyl (C=O) groups excluding carboxylic acids is 1. The lowest BCUT2D eigenvalue weighted by Gasteiger charge is -2.31. The molecule has 17 heavy (non-hydrogen) atoms. The average molecular weight is 257 g/mol. The summed E-state index contributed by atoms with van der Waals surface area (Å²) in [6.45, 7) is 3.53. The Morgan fingerprint density at radius 1 is 1.59 bits per heavy atom. The number of carbonyl (C=O) groups is 1. The van der Waals surface area contributed by atoms with Gasteiger partial charge in [-0.05, 0) is 31.1 Å². The van der Waals surface area contributed by atoms with Crippen molar-refractivity contribution in [3.05, 3.63) is 29.0 Å². The fourth-order valence-electron chi connectivity index (χ4n) is 1.73. The Morgan fingerprint density at radius 2 is 2.29 bits per heavy atom. The lowest BCUT2D eigenvalue weighted by Crippen LogP contribution is -2.48. The van der Waals surface area contributed by atoms with Gasteiger partial charge >= 0.3 is 0 Å². The van der Waals surface area contributed by atoms with Crippen molar-refractivity contribution in [2.24, 2.45) is 11.8 Å². The van der Waals surface area contributed by atoms with Crippen molar-refractivity contribution in [1.29, 1.82) is 0 Å². The predicted octanol–water partition coefficient (Wildman–Crippen LogP) is 2.27. The molecule has 1 atom stereocenters. The molecule has 2 N–H and O–H groups in total. The van der Waals surface area contributed by atoms with E-state index in [2.05, 4.69) is 10.6 Å². The highest BCUT2D eigenvalue weighted by Gasteiger charge is 2.29. The highest BCUT2D eigenvalue weighted by molar-refractivity contribution is 6.31. The standard InChI is InChI=1S/C12H14ClFN2O/c1-7(8-5-15-6-8)12(17)16-10-4-2-3-9(13)11(10)14/h2-4,7-8,15H,5-6H2,1H3,(H,16,17). The van der Waals surface area contributed by atoms with E-state index in [1.807, 2.05) is 6.92 Å². The zero-order valence-electron chi connectivity index (χ0n) is 9.47. The molecule has 0 aliphatic carbocycles. The van der Waals surface area contributed by atoms with Crippen LogP contribution in [0.4, 0.5) is 10.1 Å². The number of rotatable bonds is 3. The van der Waals surface area contributed by atoms with Crippen molar-refractivity contribution < 1.29 is 9.18 Å². The Kier molecular flexibility index (Phi) is 3.64. The number of nitrogens with one attached hydrogen (secondary N) is 2. The van der Waals surface area contributed by atoms with Gasteiger partial charge in [-0.1, -0.05) is 24.6 Å². The second kappa shape index (κ2) is 5.02. The third-order valence-electron chi connectivity index (χ3n) is 3.14. The molecule has 1 saturated heterocycles. The molecular formula is C12H14ClFN2O. The fourth-order valence-corrected chi connectivity index (χ4v) is 1.90. The van der Waals surface area contributed by atoms with Gasteiger partial charge in [0.1, 0.15) is 0 Å². The van der Waals surface area contributed by atoms with Crippen LogP contribution >= 0.6 is 11.6 Å². The Bertz CT molecular complexity index is 435. The van der Waals surface area contributed by atoms with E-state index in [1.54, 1.807) is 6.07 Å². The third-order valence-corrected chi connectivity index (χ3v) is 3.44. The monoisotopic (exact) mass is 256 g/mol. The smallest absolute Gasteiger partial charge is 0.227 e. The van der Waals surface area contributed by atoms with Crippen molar-refractivity contribution in [2.45, 2.75) is 6.92 Å². The van der Waals surface area contributed by atoms with Crippen LogP contribution in [-0.4, -0.2) is 19.0 Å². The van der Waals surface area contributed by atoms with Crippen molar-refractivity contribution in [2.75, 3.05) is 18.4 Å². The van der Waals surface area contributed by atoms with Crippen LogP contribution in [0.1, 0.15) is 6.92 Å². The minimum Gasteiger partial charge on any atom is -0.323 e. The molecule has 1 heterocycles. The number of amides is 1. The number of anilines is 1. The number of halogens is 2. The summed E-state index contributed by atoms with van der Waals surface area (Å²) in [6, 6.07) is 4.56. The number of hydrogen-bond donors (Lipinski definition) is 2. The van der Waals surface area contributed by atoms with E-state index >= 15 is 0 Å². The van der Waals surface area contributed by atoms with Crippen molar-refractivity contribution in [3.8, 4) is 0 Å². The zero-order chi connectivity index (χ0) is 12.4. The SMILES string of the molecule is CC(C(=O)Nc1cccc(Cl)c1F)C1CNC1. The van der Waals surface area contributed by atoms with Gasteiger partial charge in [0.25, 0.3) is 0 Å². The van der Waals surface area contributed by atoms with Gasteiger partial charge in [0.05, 0.1) is 10.7 Å². The summed E-state index contributed by atoms with van der Waals surface area (Å²) in [5.74, 6) is -0.550. The largest absolute Gasteiger partial charge is 0.323 e. The van der Waals surface area contributed by atoms with E-state index < -0.39 is 5.82 Å². The van der Waals surface area contributed by atoms with Crippen LogP contribution in [-0.2, 0) is 4.79 Å². The average Bonchev–Trinajstić information content (AvgIpc) is 2.22. The fraction of sp³-hybridized carbons (Fsp3) is 0.417. The van der Waals surface area contributed by atoms with E-state index in [0.29, 0.717) is 5.92 Å². The Hall–Kier alpha value is -1.13. The number of benzene rings is 1. The van der Waals surface area contributed by atoms with Gasteiger partial charge in [-0.2, -0.15) is 0 Å². The van der Waals surface area contributed by atoms with E-state index in [-0.39, 0.29) is 22.5 Å². The maximum absolute atomic E-state index is 13.6. The summed E-state index contributed by atoms with van der Waals surface area (Å²) in [7, 11) is 0. The van der Waals surface area contributed by atoms with Gasteiger partial charge in [0.2, 0.25) is 5.91 Å². The molecule has 1 unspecified atom stereocenters. The first-order valence-corrected chi connectivity index (χ1v) is 5.93. The molecule has 0 radical (unpaired) electrons. The van der Waals surface area contributed by atoms with Gasteiger partial charge in [-0.25, -0.2) is 4.39 Å². The zero-order valence-corrected chi connectivity index (χ0v) is 10.2. The highest BCUT2D eigenvalue weighted by Crippen LogP contribution is 2.24. The van der Waals surface area contributed by atoms with E-state index in [9.17, 15) is 9.18 Å². The summed E-state index contributed by atoms with van der Waals surface area (Å²) >= 11 is 5.64. The number of hydrogen-bond acceptors (Lipinski definition) is 2. The second-order valence-corrected chi connectivity index (χ2v) is 4.70. The van der Waals surface area contributed by atoms with Crippen LogP contribution in [0.25, 0.3) is 0 Å². The van der Waals surface area contributed by atoms with Crippen LogP contribution in [0.5, 0.6) is 0 Å². The molecule has 1 aliphatic heterocycles. The summed E-state index contributed by atoms with van der Waals surface area (Å²) in [6.07, 6.45) is 0. The van der Waals surface area contributed by atoms with Gasteiger partial charge in [-0.15, -0.1) is 0 Å². The molecule has 1 aromatic carbocycles. The van der Waals surface area contributed by atoms with E-state index in [1.165, 1.54) is 12.1 Å². The van der Waals surface area contributed by atoms with Crippen LogP contribution < -0.4 is 10.6 Å². The molecule has 1 aromatic rings. The molecule has 0 spiro atoms. The maximum atomic E-state index is 13.6. The lowest BCUT2D eigenvalue weighted by atomic mass is 9.88.